The molecule has 5 heteroatoms. The first kappa shape index (κ1) is 17.2. The van der Waals surface area contributed by atoms with Crippen LogP contribution in [-0.2, 0) is 0 Å². The van der Waals surface area contributed by atoms with Gasteiger partial charge in [0.25, 0.3) is 0 Å². The first-order valence-corrected chi connectivity index (χ1v) is 6.83. The Morgan fingerprint density at radius 2 is 2.06 bits per heavy atom. The van der Waals surface area contributed by atoms with Gasteiger partial charge in [-0.1, -0.05) is 13.3 Å². The zero-order valence-electron chi connectivity index (χ0n) is 10.2. The molecule has 17 heavy (non-hydrogen) atoms. The fraction of sp³-hybridized carbons (Fsp3) is 0.667. The largest absolute Gasteiger partial charge is 0.314 e. The highest BCUT2D eigenvalue weighted by Gasteiger charge is 2.21. The molecule has 0 aromatic carbocycles. The van der Waals surface area contributed by atoms with Gasteiger partial charge in [0.15, 0.2) is 0 Å². The molecule has 0 radical (unpaired) electrons. The van der Waals surface area contributed by atoms with E-state index < -0.39 is 0 Å². The van der Waals surface area contributed by atoms with Crippen LogP contribution >= 0.6 is 36.2 Å². The lowest BCUT2D eigenvalue weighted by molar-refractivity contribution is 0.165. The van der Waals surface area contributed by atoms with Crippen molar-refractivity contribution >= 4 is 36.2 Å². The van der Waals surface area contributed by atoms with Crippen molar-refractivity contribution in [3.63, 3.8) is 0 Å². The summed E-state index contributed by atoms with van der Waals surface area (Å²) in [5, 5.41) is 7.92. The molecule has 1 aliphatic rings. The highest BCUT2D eigenvalue weighted by molar-refractivity contribution is 7.07. The average Bonchev–Trinajstić information content (AvgIpc) is 2.80. The molecule has 0 aliphatic carbocycles. The second-order valence-corrected chi connectivity index (χ2v) is 4.93. The first-order valence-electron chi connectivity index (χ1n) is 5.88. The summed E-state index contributed by atoms with van der Waals surface area (Å²) < 4.78 is 0. The number of nitrogens with one attached hydrogen (secondary N) is 1. The molecule has 1 N–H and O–H groups in total. The van der Waals surface area contributed by atoms with E-state index in [0.29, 0.717) is 6.04 Å². The van der Waals surface area contributed by atoms with Gasteiger partial charge >= 0.3 is 0 Å². The molecule has 2 nitrogen and oxygen atoms in total. The predicted molar refractivity (Wildman–Crippen MR) is 80.9 cm³/mol. The Kier molecular flexibility index (Phi) is 9.28. The lowest BCUT2D eigenvalue weighted by atomic mass is 10.0. The van der Waals surface area contributed by atoms with Gasteiger partial charge in [-0.05, 0) is 28.8 Å². The fourth-order valence-electron chi connectivity index (χ4n) is 2.29. The van der Waals surface area contributed by atoms with Gasteiger partial charge in [0.05, 0.1) is 0 Å². The standard InChI is InChI=1S/C12H20N2S.2ClH/c1-2-3-12(11-4-9-15-10-11)14-7-5-13-6-8-14;;/h4,9-10,12-13H,2-3,5-8H2,1H3;2*1H/t12-;;/m0../s1. The number of piperazine rings is 1. The Morgan fingerprint density at radius 3 is 2.59 bits per heavy atom. The summed E-state index contributed by atoms with van der Waals surface area (Å²) in [4.78, 5) is 2.63. The first-order chi connectivity index (χ1) is 7.42. The fourth-order valence-corrected chi connectivity index (χ4v) is 3.00. The SMILES string of the molecule is CCC[C@@H](c1ccsc1)N1CCNCC1.Cl.Cl. The van der Waals surface area contributed by atoms with E-state index in [0.717, 1.165) is 13.1 Å². The van der Waals surface area contributed by atoms with Gasteiger partial charge in [0.1, 0.15) is 0 Å². The number of halogens is 2. The van der Waals surface area contributed by atoms with Gasteiger partial charge in [-0.15, -0.1) is 24.8 Å². The number of nitrogens with zero attached hydrogens (tertiary/aromatic N) is 1. The second-order valence-electron chi connectivity index (χ2n) is 4.15. The maximum atomic E-state index is 3.42. The van der Waals surface area contributed by atoms with Gasteiger partial charge in [-0.25, -0.2) is 0 Å². The maximum absolute atomic E-state index is 3.42. The summed E-state index contributed by atoms with van der Waals surface area (Å²) in [6, 6.07) is 2.94. The Morgan fingerprint density at radius 1 is 1.35 bits per heavy atom. The molecule has 1 saturated heterocycles. The Labute approximate surface area is 121 Å². The van der Waals surface area contributed by atoms with E-state index in [1.807, 2.05) is 11.3 Å². The van der Waals surface area contributed by atoms with Crippen LogP contribution < -0.4 is 5.32 Å². The van der Waals surface area contributed by atoms with Crippen LogP contribution in [-0.4, -0.2) is 31.1 Å². The summed E-state index contributed by atoms with van der Waals surface area (Å²) in [6.07, 6.45) is 2.56. The molecule has 1 fully saturated rings. The zero-order valence-corrected chi connectivity index (χ0v) is 12.7. The minimum atomic E-state index is 0. The van der Waals surface area contributed by atoms with Crippen LogP contribution in [0.1, 0.15) is 31.4 Å². The zero-order chi connectivity index (χ0) is 10.5. The normalized spacial score (nSPS) is 17.9. The van der Waals surface area contributed by atoms with Crippen molar-refractivity contribution in [2.45, 2.75) is 25.8 Å². The monoisotopic (exact) mass is 296 g/mol. The third kappa shape index (κ3) is 4.76. The smallest absolute Gasteiger partial charge is 0.0357 e. The van der Waals surface area contributed by atoms with Crippen molar-refractivity contribution in [3.05, 3.63) is 22.4 Å². The number of rotatable bonds is 4. The van der Waals surface area contributed by atoms with E-state index in [9.17, 15) is 0 Å². The third-order valence-corrected chi connectivity index (χ3v) is 3.78. The van der Waals surface area contributed by atoms with Crippen molar-refractivity contribution in [1.29, 1.82) is 0 Å². The number of hydrogen-bond acceptors (Lipinski definition) is 3. The molecule has 0 spiro atoms. The van der Waals surface area contributed by atoms with Crippen LogP contribution in [0.4, 0.5) is 0 Å². The molecule has 2 rings (SSSR count). The molecule has 1 aromatic rings. The van der Waals surface area contributed by atoms with Gasteiger partial charge in [-0.2, -0.15) is 11.3 Å². The number of hydrogen-bond donors (Lipinski definition) is 1. The Balaban J connectivity index is 0.00000128. The summed E-state index contributed by atoms with van der Waals surface area (Å²) in [5.41, 5.74) is 1.52. The van der Waals surface area contributed by atoms with E-state index in [1.165, 1.54) is 31.5 Å². The van der Waals surface area contributed by atoms with Crippen LogP contribution in [0.15, 0.2) is 16.8 Å². The van der Waals surface area contributed by atoms with E-state index in [-0.39, 0.29) is 24.8 Å². The Hall–Kier alpha value is 0.200. The summed E-state index contributed by atoms with van der Waals surface area (Å²) in [6.45, 7) is 6.96. The molecule has 100 valence electrons. The van der Waals surface area contributed by atoms with Crippen LogP contribution in [0, 0.1) is 0 Å². The average molecular weight is 297 g/mol. The summed E-state index contributed by atoms with van der Waals surface area (Å²) >= 11 is 1.82. The van der Waals surface area contributed by atoms with Crippen molar-refractivity contribution in [2.24, 2.45) is 0 Å². The van der Waals surface area contributed by atoms with Crippen LogP contribution in [0.2, 0.25) is 0 Å². The summed E-state index contributed by atoms with van der Waals surface area (Å²) in [5.74, 6) is 0. The summed E-state index contributed by atoms with van der Waals surface area (Å²) in [7, 11) is 0. The minimum absolute atomic E-state index is 0. The van der Waals surface area contributed by atoms with Crippen molar-refractivity contribution in [2.75, 3.05) is 26.2 Å². The Bertz CT molecular complexity index is 274. The molecule has 0 amide bonds. The molecule has 0 saturated carbocycles. The third-order valence-electron chi connectivity index (χ3n) is 3.08. The molecular formula is C12H22Cl2N2S. The quantitative estimate of drug-likeness (QED) is 0.917. The number of thiophene rings is 1. The van der Waals surface area contributed by atoms with E-state index in [4.69, 9.17) is 0 Å². The lowest BCUT2D eigenvalue weighted by Gasteiger charge is -2.34. The highest BCUT2D eigenvalue weighted by Crippen LogP contribution is 2.27. The molecule has 1 aliphatic heterocycles. The topological polar surface area (TPSA) is 15.3 Å². The lowest BCUT2D eigenvalue weighted by Crippen LogP contribution is -2.45. The maximum Gasteiger partial charge on any atom is 0.0357 e. The van der Waals surface area contributed by atoms with Gasteiger partial charge in [-0.3, -0.25) is 4.90 Å². The highest BCUT2D eigenvalue weighted by atomic mass is 35.5. The molecule has 2 heterocycles. The molecule has 1 atom stereocenters. The van der Waals surface area contributed by atoms with Gasteiger partial charge < -0.3 is 5.32 Å². The molecule has 0 bridgehead atoms. The van der Waals surface area contributed by atoms with Crippen LogP contribution in [0.25, 0.3) is 0 Å². The van der Waals surface area contributed by atoms with Crippen molar-refractivity contribution in [3.8, 4) is 0 Å². The van der Waals surface area contributed by atoms with Crippen molar-refractivity contribution < 1.29 is 0 Å². The van der Waals surface area contributed by atoms with E-state index >= 15 is 0 Å². The van der Waals surface area contributed by atoms with Gasteiger partial charge in [0.2, 0.25) is 0 Å². The van der Waals surface area contributed by atoms with Gasteiger partial charge in [0, 0.05) is 32.2 Å². The minimum Gasteiger partial charge on any atom is -0.314 e. The second kappa shape index (κ2) is 9.17. The van der Waals surface area contributed by atoms with E-state index in [1.54, 1.807) is 0 Å². The van der Waals surface area contributed by atoms with Crippen LogP contribution in [0.3, 0.4) is 0 Å². The van der Waals surface area contributed by atoms with Crippen molar-refractivity contribution in [1.82, 2.24) is 10.2 Å². The van der Waals surface area contributed by atoms with Crippen LogP contribution in [0.5, 0.6) is 0 Å². The predicted octanol–water partition coefficient (Wildman–Crippen LogP) is 3.34. The molecular weight excluding hydrogens is 275 g/mol. The molecule has 0 unspecified atom stereocenters. The molecule has 1 aromatic heterocycles. The van der Waals surface area contributed by atoms with E-state index in [2.05, 4.69) is 34.0 Å².